The van der Waals surface area contributed by atoms with Gasteiger partial charge in [-0.2, -0.15) is 5.48 Å². The Labute approximate surface area is 94.9 Å². The normalized spacial score (nSPS) is 15.1. The highest BCUT2D eigenvalue weighted by atomic mass is 16.7. The van der Waals surface area contributed by atoms with Gasteiger partial charge in [0.15, 0.2) is 0 Å². The summed E-state index contributed by atoms with van der Waals surface area (Å²) in [4.78, 5) is 5.18. The first kappa shape index (κ1) is 11.5. The largest absolute Gasteiger partial charge is 0.382 e. The van der Waals surface area contributed by atoms with Crippen molar-refractivity contribution in [2.45, 2.75) is 32.4 Å². The molecule has 0 aromatic carbocycles. The van der Waals surface area contributed by atoms with E-state index < -0.39 is 0 Å². The molecule has 1 aliphatic rings. The van der Waals surface area contributed by atoms with Crippen molar-refractivity contribution in [1.82, 2.24) is 20.2 Å². The molecular formula is C10H18N4O2. The zero-order valence-corrected chi connectivity index (χ0v) is 9.61. The van der Waals surface area contributed by atoms with E-state index in [9.17, 15) is 0 Å². The van der Waals surface area contributed by atoms with E-state index >= 15 is 0 Å². The number of fused-ring (bicyclic) bond motifs is 1. The van der Waals surface area contributed by atoms with Gasteiger partial charge in [-0.15, -0.1) is 10.2 Å². The van der Waals surface area contributed by atoms with E-state index in [1.54, 1.807) is 7.11 Å². The number of ether oxygens (including phenoxy) is 1. The van der Waals surface area contributed by atoms with Crippen molar-refractivity contribution >= 4 is 0 Å². The van der Waals surface area contributed by atoms with Crippen molar-refractivity contribution in [2.75, 3.05) is 20.3 Å². The quantitative estimate of drug-likeness (QED) is 0.557. The van der Waals surface area contributed by atoms with Gasteiger partial charge in [-0.1, -0.05) is 0 Å². The number of rotatable bonds is 6. The maximum atomic E-state index is 5.18. The minimum atomic E-state index is 0.539. The van der Waals surface area contributed by atoms with Crippen LogP contribution in [0, 0.1) is 0 Å². The number of nitrogens with one attached hydrogen (secondary N) is 1. The molecule has 90 valence electrons. The fourth-order valence-electron chi connectivity index (χ4n) is 1.81. The van der Waals surface area contributed by atoms with Gasteiger partial charge in [0.2, 0.25) is 0 Å². The molecule has 0 radical (unpaired) electrons. The third kappa shape index (κ3) is 2.78. The molecule has 2 heterocycles. The monoisotopic (exact) mass is 226 g/mol. The van der Waals surface area contributed by atoms with Gasteiger partial charge in [-0.3, -0.25) is 4.84 Å². The lowest BCUT2D eigenvalue weighted by Gasteiger charge is -2.14. The van der Waals surface area contributed by atoms with Crippen LogP contribution in [0.25, 0.3) is 0 Å². The standard InChI is InChI=1S/C10H18N4O2/c1-15-6-7-16-11-8-10-13-12-9-4-2-3-5-14(9)10/h11H,2-8H2,1H3. The van der Waals surface area contributed by atoms with Crippen molar-refractivity contribution in [3.05, 3.63) is 11.6 Å². The van der Waals surface area contributed by atoms with Crippen molar-refractivity contribution in [3.63, 3.8) is 0 Å². The number of aromatic nitrogens is 3. The first-order valence-corrected chi connectivity index (χ1v) is 5.66. The molecular weight excluding hydrogens is 208 g/mol. The van der Waals surface area contributed by atoms with Gasteiger partial charge < -0.3 is 9.30 Å². The predicted octanol–water partition coefficient (Wildman–Crippen LogP) is 0.282. The molecule has 1 aliphatic heterocycles. The van der Waals surface area contributed by atoms with Crippen molar-refractivity contribution in [2.24, 2.45) is 0 Å². The lowest BCUT2D eigenvalue weighted by molar-refractivity contribution is 0.00197. The van der Waals surface area contributed by atoms with E-state index in [4.69, 9.17) is 9.57 Å². The topological polar surface area (TPSA) is 61.2 Å². The summed E-state index contributed by atoms with van der Waals surface area (Å²) in [5, 5.41) is 8.32. The molecule has 0 saturated heterocycles. The summed E-state index contributed by atoms with van der Waals surface area (Å²) in [7, 11) is 1.65. The first-order chi connectivity index (χ1) is 7.92. The van der Waals surface area contributed by atoms with Crippen LogP contribution in [-0.2, 0) is 29.1 Å². The molecule has 6 nitrogen and oxygen atoms in total. The van der Waals surface area contributed by atoms with Crippen LogP contribution in [0.4, 0.5) is 0 Å². The van der Waals surface area contributed by atoms with Crippen LogP contribution in [0.3, 0.4) is 0 Å². The Morgan fingerprint density at radius 3 is 3.12 bits per heavy atom. The Balaban J connectivity index is 1.78. The maximum absolute atomic E-state index is 5.18. The summed E-state index contributed by atoms with van der Waals surface area (Å²) >= 11 is 0. The van der Waals surface area contributed by atoms with Crippen LogP contribution in [0.1, 0.15) is 24.5 Å². The lowest BCUT2D eigenvalue weighted by Crippen LogP contribution is -2.21. The Morgan fingerprint density at radius 1 is 1.31 bits per heavy atom. The zero-order chi connectivity index (χ0) is 11.2. The highest BCUT2D eigenvalue weighted by Gasteiger charge is 2.14. The van der Waals surface area contributed by atoms with Gasteiger partial charge in [0, 0.05) is 20.1 Å². The number of nitrogens with zero attached hydrogens (tertiary/aromatic N) is 3. The van der Waals surface area contributed by atoms with Crippen molar-refractivity contribution in [3.8, 4) is 0 Å². The Hall–Kier alpha value is -0.980. The molecule has 0 fully saturated rings. The molecule has 1 aromatic rings. The summed E-state index contributed by atoms with van der Waals surface area (Å²) in [5.41, 5.74) is 2.87. The smallest absolute Gasteiger partial charge is 0.149 e. The van der Waals surface area contributed by atoms with Gasteiger partial charge in [-0.25, -0.2) is 0 Å². The summed E-state index contributed by atoms with van der Waals surface area (Å²) in [6.07, 6.45) is 3.47. The number of aryl methyl sites for hydroxylation is 1. The van der Waals surface area contributed by atoms with Crippen LogP contribution in [-0.4, -0.2) is 35.1 Å². The number of hydrogen-bond acceptors (Lipinski definition) is 5. The molecule has 1 N–H and O–H groups in total. The molecule has 0 bridgehead atoms. The minimum absolute atomic E-state index is 0.539. The van der Waals surface area contributed by atoms with Gasteiger partial charge >= 0.3 is 0 Å². The molecule has 0 atom stereocenters. The molecule has 0 aliphatic carbocycles. The average molecular weight is 226 g/mol. The van der Waals surface area contributed by atoms with Crippen molar-refractivity contribution in [1.29, 1.82) is 0 Å². The fraction of sp³-hybridized carbons (Fsp3) is 0.800. The zero-order valence-electron chi connectivity index (χ0n) is 9.61. The molecule has 0 saturated carbocycles. The summed E-state index contributed by atoms with van der Waals surface area (Å²) < 4.78 is 7.05. The molecule has 6 heteroatoms. The van der Waals surface area contributed by atoms with Crippen LogP contribution in [0.2, 0.25) is 0 Å². The van der Waals surface area contributed by atoms with E-state index in [-0.39, 0.29) is 0 Å². The predicted molar refractivity (Wildman–Crippen MR) is 57.6 cm³/mol. The molecule has 0 unspecified atom stereocenters. The highest BCUT2D eigenvalue weighted by Crippen LogP contribution is 2.13. The van der Waals surface area contributed by atoms with Crippen molar-refractivity contribution < 1.29 is 9.57 Å². The Bertz CT molecular complexity index is 327. The van der Waals surface area contributed by atoms with Gasteiger partial charge in [-0.05, 0) is 12.8 Å². The second kappa shape index (κ2) is 5.93. The van der Waals surface area contributed by atoms with E-state index in [1.807, 2.05) is 0 Å². The van der Waals surface area contributed by atoms with Crippen LogP contribution in [0.5, 0.6) is 0 Å². The minimum Gasteiger partial charge on any atom is -0.382 e. The van der Waals surface area contributed by atoms with E-state index in [0.29, 0.717) is 19.8 Å². The SMILES string of the molecule is COCCONCc1nnc2n1CCCC2. The Morgan fingerprint density at radius 2 is 2.25 bits per heavy atom. The number of hydrogen-bond donors (Lipinski definition) is 1. The maximum Gasteiger partial charge on any atom is 0.149 e. The third-order valence-electron chi connectivity index (χ3n) is 2.66. The molecule has 16 heavy (non-hydrogen) atoms. The summed E-state index contributed by atoms with van der Waals surface area (Å²) in [6.45, 7) is 2.75. The lowest BCUT2D eigenvalue weighted by atomic mass is 10.2. The summed E-state index contributed by atoms with van der Waals surface area (Å²) in [6, 6.07) is 0. The first-order valence-electron chi connectivity index (χ1n) is 5.66. The van der Waals surface area contributed by atoms with E-state index in [1.165, 1.54) is 12.8 Å². The average Bonchev–Trinajstić information content (AvgIpc) is 2.73. The third-order valence-corrected chi connectivity index (χ3v) is 2.66. The van der Waals surface area contributed by atoms with Gasteiger partial charge in [0.1, 0.15) is 11.6 Å². The van der Waals surface area contributed by atoms with Gasteiger partial charge in [0.05, 0.1) is 19.8 Å². The second-order valence-electron chi connectivity index (χ2n) is 3.80. The molecule has 1 aromatic heterocycles. The van der Waals surface area contributed by atoms with E-state index in [0.717, 1.165) is 24.6 Å². The molecule has 0 amide bonds. The van der Waals surface area contributed by atoms with Crippen LogP contribution in [0.15, 0.2) is 0 Å². The van der Waals surface area contributed by atoms with Gasteiger partial charge in [0.25, 0.3) is 0 Å². The van der Waals surface area contributed by atoms with Crippen LogP contribution < -0.4 is 5.48 Å². The Kier molecular flexibility index (Phi) is 4.26. The fourth-order valence-corrected chi connectivity index (χ4v) is 1.81. The second-order valence-corrected chi connectivity index (χ2v) is 3.80. The molecule has 2 rings (SSSR count). The van der Waals surface area contributed by atoms with Crippen LogP contribution >= 0.6 is 0 Å². The highest BCUT2D eigenvalue weighted by molar-refractivity contribution is 4.98. The number of hydroxylamine groups is 1. The number of methoxy groups -OCH3 is 1. The molecule has 0 spiro atoms. The van der Waals surface area contributed by atoms with E-state index in [2.05, 4.69) is 20.2 Å². The summed E-state index contributed by atoms with van der Waals surface area (Å²) in [5.74, 6) is 2.05.